The Labute approximate surface area is 139 Å². The summed E-state index contributed by atoms with van der Waals surface area (Å²) >= 11 is 0. The van der Waals surface area contributed by atoms with Crippen molar-refractivity contribution in [3.63, 3.8) is 0 Å². The summed E-state index contributed by atoms with van der Waals surface area (Å²) in [5.74, 6) is 0. The molecule has 0 saturated carbocycles. The maximum atomic E-state index is 12.6. The molecule has 9 heteroatoms. The lowest BCUT2D eigenvalue weighted by atomic mass is 10.1. The third-order valence-electron chi connectivity index (χ3n) is 3.27. The highest BCUT2D eigenvalue weighted by atomic mass is 32.2. The molecule has 2 N–H and O–H groups in total. The highest BCUT2D eigenvalue weighted by Gasteiger charge is 2.21. The van der Waals surface area contributed by atoms with E-state index in [-0.39, 0.29) is 4.90 Å². The Kier molecular flexibility index (Phi) is 3.94. The molecular formula is C15H16N6O2S. The molecule has 0 aliphatic heterocycles. The maximum Gasteiger partial charge on any atom is 0.284 e. The summed E-state index contributed by atoms with van der Waals surface area (Å²) in [7, 11) is -0.542. The van der Waals surface area contributed by atoms with Gasteiger partial charge in [0.2, 0.25) is 0 Å². The van der Waals surface area contributed by atoms with E-state index in [1.807, 2.05) is 0 Å². The number of nitrogens with zero attached hydrogens (tertiary/aromatic N) is 5. The van der Waals surface area contributed by atoms with Crippen LogP contribution in [0.4, 0.5) is 5.69 Å². The molecule has 0 fully saturated rings. The summed E-state index contributed by atoms with van der Waals surface area (Å²) in [4.78, 5) is 5.82. The van der Waals surface area contributed by atoms with Gasteiger partial charge in [0.15, 0.2) is 5.65 Å². The highest BCUT2D eigenvalue weighted by Crippen LogP contribution is 2.32. The SMILES string of the molecule is CN(C)/C=N/S(=O)(=O)c1cc(N)ccc1-c1cnn2cccnc12. The number of rotatable bonds is 4. The van der Waals surface area contributed by atoms with Gasteiger partial charge in [-0.1, -0.05) is 6.07 Å². The average Bonchev–Trinajstić information content (AvgIpc) is 2.97. The lowest BCUT2D eigenvalue weighted by Crippen LogP contribution is -2.10. The molecule has 0 atom stereocenters. The Morgan fingerprint density at radius 1 is 1.29 bits per heavy atom. The summed E-state index contributed by atoms with van der Waals surface area (Å²) in [6, 6.07) is 6.41. The number of benzene rings is 1. The molecule has 1 aromatic carbocycles. The molecule has 0 saturated heterocycles. The Morgan fingerprint density at radius 3 is 2.83 bits per heavy atom. The van der Waals surface area contributed by atoms with Crippen LogP contribution in [0.5, 0.6) is 0 Å². The predicted molar refractivity (Wildman–Crippen MR) is 92.2 cm³/mol. The Bertz CT molecular complexity index is 1020. The molecule has 0 spiro atoms. The molecule has 8 nitrogen and oxygen atoms in total. The lowest BCUT2D eigenvalue weighted by Gasteiger charge is -2.09. The van der Waals surface area contributed by atoms with Crippen LogP contribution in [0.15, 0.2) is 52.1 Å². The van der Waals surface area contributed by atoms with Crippen molar-refractivity contribution in [3.8, 4) is 11.1 Å². The summed E-state index contributed by atoms with van der Waals surface area (Å²) in [6.07, 6.45) is 6.16. The van der Waals surface area contributed by atoms with E-state index in [0.29, 0.717) is 22.5 Å². The van der Waals surface area contributed by atoms with Gasteiger partial charge in [0.05, 0.1) is 11.1 Å². The number of anilines is 1. The average molecular weight is 344 g/mol. The van der Waals surface area contributed by atoms with Crippen molar-refractivity contribution < 1.29 is 8.42 Å². The molecule has 24 heavy (non-hydrogen) atoms. The van der Waals surface area contributed by atoms with E-state index in [1.54, 1.807) is 60.3 Å². The molecule has 3 aromatic rings. The number of hydrogen-bond acceptors (Lipinski definition) is 5. The molecule has 124 valence electrons. The first kappa shape index (κ1) is 15.9. The molecule has 2 aromatic heterocycles. The molecule has 0 bridgehead atoms. The topological polar surface area (TPSA) is 106 Å². The number of fused-ring (bicyclic) bond motifs is 1. The standard InChI is InChI=1S/C15H16N6O2S/c1-20(2)10-19-24(22,23)14-8-11(16)4-5-12(14)13-9-18-21-7-3-6-17-15(13)21/h3-10H,16H2,1-2H3/b19-10+. The zero-order valence-electron chi connectivity index (χ0n) is 13.2. The zero-order chi connectivity index (χ0) is 17.3. The van der Waals surface area contributed by atoms with Crippen LogP contribution in [0.1, 0.15) is 0 Å². The fourth-order valence-corrected chi connectivity index (χ4v) is 3.37. The van der Waals surface area contributed by atoms with E-state index in [1.165, 1.54) is 12.4 Å². The minimum absolute atomic E-state index is 0.0150. The second kappa shape index (κ2) is 5.93. The maximum absolute atomic E-state index is 12.6. The fraction of sp³-hybridized carbons (Fsp3) is 0.133. The smallest absolute Gasteiger partial charge is 0.284 e. The largest absolute Gasteiger partial charge is 0.399 e. The molecular weight excluding hydrogens is 328 g/mol. The van der Waals surface area contributed by atoms with E-state index >= 15 is 0 Å². The summed E-state index contributed by atoms with van der Waals surface area (Å²) in [6.45, 7) is 0. The van der Waals surface area contributed by atoms with Gasteiger partial charge in [-0.3, -0.25) is 0 Å². The minimum atomic E-state index is -3.92. The van der Waals surface area contributed by atoms with Crippen LogP contribution in [0.25, 0.3) is 16.8 Å². The molecule has 0 radical (unpaired) electrons. The van der Waals surface area contributed by atoms with Crippen molar-refractivity contribution in [2.24, 2.45) is 4.40 Å². The van der Waals surface area contributed by atoms with Gasteiger partial charge < -0.3 is 10.6 Å². The van der Waals surface area contributed by atoms with Crippen LogP contribution >= 0.6 is 0 Å². The summed E-state index contributed by atoms with van der Waals surface area (Å²) in [5.41, 5.74) is 7.71. The number of nitrogen functional groups attached to an aromatic ring is 1. The van der Waals surface area contributed by atoms with Crippen molar-refractivity contribution in [3.05, 3.63) is 42.9 Å². The second-order valence-electron chi connectivity index (χ2n) is 5.36. The fourth-order valence-electron chi connectivity index (χ4n) is 2.21. The number of sulfonamides is 1. The van der Waals surface area contributed by atoms with Crippen LogP contribution in [0.3, 0.4) is 0 Å². The first-order valence-corrected chi connectivity index (χ1v) is 8.47. The summed E-state index contributed by atoms with van der Waals surface area (Å²) < 4.78 is 30.5. The van der Waals surface area contributed by atoms with Gasteiger partial charge in [-0.25, -0.2) is 9.50 Å². The van der Waals surface area contributed by atoms with Gasteiger partial charge in [0, 0.05) is 43.3 Å². The molecule has 0 unspecified atom stereocenters. The van der Waals surface area contributed by atoms with Crippen molar-refractivity contribution >= 4 is 27.7 Å². The third kappa shape index (κ3) is 2.93. The number of aromatic nitrogens is 3. The van der Waals surface area contributed by atoms with E-state index in [2.05, 4.69) is 14.5 Å². The van der Waals surface area contributed by atoms with Crippen molar-refractivity contribution in [2.45, 2.75) is 4.90 Å². The van der Waals surface area contributed by atoms with Gasteiger partial charge in [-0.2, -0.15) is 13.5 Å². The molecule has 3 rings (SSSR count). The van der Waals surface area contributed by atoms with Gasteiger partial charge >= 0.3 is 0 Å². The lowest BCUT2D eigenvalue weighted by molar-refractivity contribution is 0.595. The van der Waals surface area contributed by atoms with Crippen LogP contribution in [-0.4, -0.2) is 48.3 Å². The summed E-state index contributed by atoms with van der Waals surface area (Å²) in [5, 5.41) is 4.20. The first-order valence-electron chi connectivity index (χ1n) is 7.03. The van der Waals surface area contributed by atoms with E-state index in [9.17, 15) is 8.42 Å². The van der Waals surface area contributed by atoms with E-state index in [4.69, 9.17) is 5.73 Å². The molecule has 0 aliphatic carbocycles. The first-order chi connectivity index (χ1) is 11.4. The van der Waals surface area contributed by atoms with E-state index in [0.717, 1.165) is 0 Å². The van der Waals surface area contributed by atoms with Crippen molar-refractivity contribution in [1.29, 1.82) is 0 Å². The zero-order valence-corrected chi connectivity index (χ0v) is 14.0. The van der Waals surface area contributed by atoms with Gasteiger partial charge in [0.25, 0.3) is 10.0 Å². The van der Waals surface area contributed by atoms with Crippen LogP contribution in [0, 0.1) is 0 Å². The van der Waals surface area contributed by atoms with Crippen molar-refractivity contribution in [2.75, 3.05) is 19.8 Å². The monoisotopic (exact) mass is 344 g/mol. The Morgan fingerprint density at radius 2 is 2.08 bits per heavy atom. The Hall–Kier alpha value is -2.94. The Balaban J connectivity index is 2.24. The van der Waals surface area contributed by atoms with Gasteiger partial charge in [-0.15, -0.1) is 4.40 Å². The van der Waals surface area contributed by atoms with Crippen LogP contribution in [0.2, 0.25) is 0 Å². The molecule has 2 heterocycles. The molecule has 0 aliphatic rings. The predicted octanol–water partition coefficient (Wildman–Crippen LogP) is 1.26. The molecule has 0 amide bonds. The van der Waals surface area contributed by atoms with Gasteiger partial charge in [-0.05, 0) is 18.2 Å². The normalized spacial score (nSPS) is 12.1. The van der Waals surface area contributed by atoms with E-state index < -0.39 is 10.0 Å². The number of hydrogen-bond donors (Lipinski definition) is 1. The van der Waals surface area contributed by atoms with Crippen molar-refractivity contribution in [1.82, 2.24) is 19.5 Å². The van der Waals surface area contributed by atoms with Gasteiger partial charge in [0.1, 0.15) is 6.34 Å². The quantitative estimate of drug-likeness (QED) is 0.434. The third-order valence-corrected chi connectivity index (χ3v) is 4.54. The number of nitrogens with two attached hydrogens (primary N) is 1. The second-order valence-corrected chi connectivity index (χ2v) is 6.96. The highest BCUT2D eigenvalue weighted by molar-refractivity contribution is 7.90. The van der Waals surface area contributed by atoms with Crippen LogP contribution < -0.4 is 5.73 Å². The van der Waals surface area contributed by atoms with Crippen LogP contribution in [-0.2, 0) is 10.0 Å². The minimum Gasteiger partial charge on any atom is -0.399 e.